The van der Waals surface area contributed by atoms with Crippen molar-refractivity contribution in [1.29, 1.82) is 0 Å². The van der Waals surface area contributed by atoms with Crippen LogP contribution in [0.15, 0.2) is 108 Å². The van der Waals surface area contributed by atoms with Gasteiger partial charge in [-0.1, -0.05) is 124 Å². The monoisotopic (exact) mass is 837 g/mol. The van der Waals surface area contributed by atoms with E-state index in [0.29, 0.717) is 5.92 Å². The Balaban J connectivity index is 0.000000205. The molecule has 0 aliphatic rings. The second kappa shape index (κ2) is 15.2. The Morgan fingerprint density at radius 1 is 0.735 bits per heavy atom. The molecule has 7 aromatic rings. The van der Waals surface area contributed by atoms with E-state index in [2.05, 4.69) is 155 Å². The molecule has 5 heteroatoms. The second-order valence-corrected chi connectivity index (χ2v) is 19.3. The van der Waals surface area contributed by atoms with Crippen LogP contribution in [0.2, 0.25) is 19.6 Å². The standard InChI is InChI=1S/C27H22NO.C17H22NSi.Ir/c1-18(2)15-19-13-14-28-25(16-19)24-10-6-9-23-22-12-11-21(17-26(22)29-27(23)24)20-7-4-3-5-8-20;1-12-7-8-15(13(2)9-12)16-10-14(3)17(11-18-16)19(4,5)6;/h3-9,11-14,16-18H,15H2,1-2H3;7,9-11H,1-6H3;/q2*-1;. The molecule has 3 nitrogen and oxygen atoms in total. The minimum absolute atomic E-state index is 0. The molecule has 49 heavy (non-hydrogen) atoms. The van der Waals surface area contributed by atoms with Crippen LogP contribution in [0.4, 0.5) is 0 Å². The van der Waals surface area contributed by atoms with Gasteiger partial charge < -0.3 is 14.4 Å². The van der Waals surface area contributed by atoms with Crippen molar-refractivity contribution in [3.05, 3.63) is 138 Å². The Hall–Kier alpha value is -4.15. The normalized spacial score (nSPS) is 11.4. The van der Waals surface area contributed by atoms with Crippen LogP contribution in [0.3, 0.4) is 0 Å². The maximum absolute atomic E-state index is 6.35. The van der Waals surface area contributed by atoms with Crippen LogP contribution in [-0.4, -0.2) is 18.0 Å². The van der Waals surface area contributed by atoms with Gasteiger partial charge in [0.25, 0.3) is 0 Å². The van der Waals surface area contributed by atoms with Gasteiger partial charge in [0, 0.05) is 37.9 Å². The van der Waals surface area contributed by atoms with Crippen LogP contribution >= 0.6 is 0 Å². The van der Waals surface area contributed by atoms with Gasteiger partial charge in [-0.05, 0) is 59.1 Å². The van der Waals surface area contributed by atoms with Gasteiger partial charge in [0.2, 0.25) is 0 Å². The molecule has 0 aliphatic heterocycles. The molecule has 0 saturated carbocycles. The van der Waals surface area contributed by atoms with E-state index in [1.807, 2.05) is 24.4 Å². The third-order valence-corrected chi connectivity index (χ3v) is 10.9. The smallest absolute Gasteiger partial charge is 0.121 e. The van der Waals surface area contributed by atoms with Gasteiger partial charge in [0.05, 0.1) is 13.7 Å². The van der Waals surface area contributed by atoms with E-state index in [4.69, 9.17) is 4.42 Å². The van der Waals surface area contributed by atoms with E-state index in [1.54, 1.807) is 0 Å². The fourth-order valence-electron chi connectivity index (χ4n) is 6.46. The zero-order chi connectivity index (χ0) is 34.0. The number of benzene rings is 4. The number of nitrogens with zero attached hydrogens (tertiary/aromatic N) is 2. The van der Waals surface area contributed by atoms with Crippen molar-refractivity contribution in [2.75, 3.05) is 0 Å². The van der Waals surface area contributed by atoms with Crippen molar-refractivity contribution < 1.29 is 24.5 Å². The fraction of sp³-hybridized carbons (Fsp3) is 0.227. The van der Waals surface area contributed by atoms with E-state index in [-0.39, 0.29) is 20.1 Å². The van der Waals surface area contributed by atoms with E-state index in [9.17, 15) is 0 Å². The first kappa shape index (κ1) is 36.1. The summed E-state index contributed by atoms with van der Waals surface area (Å²) in [6, 6.07) is 38.3. The molecular weight excluding hydrogens is 793 g/mol. The molecule has 0 amide bonds. The van der Waals surface area contributed by atoms with Crippen LogP contribution < -0.4 is 5.19 Å². The molecule has 0 fully saturated rings. The van der Waals surface area contributed by atoms with Gasteiger partial charge in [-0.2, -0.15) is 0 Å². The summed E-state index contributed by atoms with van der Waals surface area (Å²) in [7, 11) is -1.30. The largest absolute Gasteiger partial charge is 0.501 e. The minimum Gasteiger partial charge on any atom is -0.501 e. The zero-order valence-electron chi connectivity index (χ0n) is 29.7. The number of hydrogen-bond acceptors (Lipinski definition) is 3. The van der Waals surface area contributed by atoms with Gasteiger partial charge in [-0.3, -0.25) is 0 Å². The van der Waals surface area contributed by atoms with E-state index in [0.717, 1.165) is 56.4 Å². The number of pyridine rings is 2. The molecule has 0 spiro atoms. The average molecular weight is 837 g/mol. The Labute approximate surface area is 306 Å². The van der Waals surface area contributed by atoms with Gasteiger partial charge in [0.1, 0.15) is 5.58 Å². The molecule has 7 rings (SSSR count). The van der Waals surface area contributed by atoms with E-state index >= 15 is 0 Å². The summed E-state index contributed by atoms with van der Waals surface area (Å²) >= 11 is 0. The summed E-state index contributed by atoms with van der Waals surface area (Å²) in [6.07, 6.45) is 4.99. The summed E-state index contributed by atoms with van der Waals surface area (Å²) in [5.74, 6) is 0.604. The first-order chi connectivity index (χ1) is 23.0. The molecular formula is C44H44IrN2OSi-2. The molecule has 0 aliphatic carbocycles. The molecule has 0 unspecified atom stereocenters. The third kappa shape index (κ3) is 8.19. The maximum Gasteiger partial charge on any atom is 0.121 e. The molecule has 0 saturated heterocycles. The quantitative estimate of drug-likeness (QED) is 0.124. The van der Waals surface area contributed by atoms with Gasteiger partial charge in [0.15, 0.2) is 0 Å². The van der Waals surface area contributed by atoms with E-state index < -0.39 is 8.07 Å². The van der Waals surface area contributed by atoms with Crippen molar-refractivity contribution in [2.45, 2.75) is 60.7 Å². The molecule has 3 aromatic heterocycles. The SMILES string of the molecule is CC(C)Cc1ccnc(-c2[c-]ccc3c2oc2cc(-c4ccccc4)ccc23)c1.Cc1c[c-]c(-c2cc(C)c([Si](C)(C)C)cn2)c(C)c1.[Ir]. The van der Waals surface area contributed by atoms with Gasteiger partial charge >= 0.3 is 0 Å². The van der Waals surface area contributed by atoms with Crippen LogP contribution in [0.25, 0.3) is 55.6 Å². The summed E-state index contributed by atoms with van der Waals surface area (Å²) in [5, 5.41) is 3.67. The maximum atomic E-state index is 6.35. The third-order valence-electron chi connectivity index (χ3n) is 8.72. The number of fused-ring (bicyclic) bond motifs is 3. The predicted octanol–water partition coefficient (Wildman–Crippen LogP) is 11.3. The van der Waals surface area contributed by atoms with Crippen LogP contribution in [0, 0.1) is 38.8 Å². The topological polar surface area (TPSA) is 38.9 Å². The van der Waals surface area contributed by atoms with Gasteiger partial charge in [-0.15, -0.1) is 53.1 Å². The predicted molar refractivity (Wildman–Crippen MR) is 205 cm³/mol. The fourth-order valence-corrected chi connectivity index (χ4v) is 8.17. The molecule has 4 aromatic carbocycles. The van der Waals surface area contributed by atoms with Crippen molar-refractivity contribution in [3.8, 4) is 33.6 Å². The number of aromatic nitrogens is 2. The number of furan rings is 1. The molecule has 1 radical (unpaired) electrons. The van der Waals surface area contributed by atoms with Crippen LogP contribution in [-0.2, 0) is 26.5 Å². The second-order valence-electron chi connectivity index (χ2n) is 14.3. The first-order valence-corrected chi connectivity index (χ1v) is 20.3. The number of aryl methyl sites for hydroxylation is 3. The Kier molecular flexibility index (Phi) is 11.2. The average Bonchev–Trinajstić information content (AvgIpc) is 3.43. The van der Waals surface area contributed by atoms with E-state index in [1.165, 1.54) is 33.0 Å². The zero-order valence-corrected chi connectivity index (χ0v) is 33.1. The van der Waals surface area contributed by atoms with Crippen molar-refractivity contribution in [1.82, 2.24) is 9.97 Å². The summed E-state index contributed by atoms with van der Waals surface area (Å²) in [4.78, 5) is 9.28. The number of hydrogen-bond donors (Lipinski definition) is 0. The van der Waals surface area contributed by atoms with Crippen molar-refractivity contribution in [3.63, 3.8) is 0 Å². The molecule has 3 heterocycles. The Morgan fingerprint density at radius 3 is 2.18 bits per heavy atom. The summed E-state index contributed by atoms with van der Waals surface area (Å²) in [6.45, 7) is 18.0. The van der Waals surface area contributed by atoms with Crippen molar-refractivity contribution >= 4 is 35.2 Å². The summed E-state index contributed by atoms with van der Waals surface area (Å²) < 4.78 is 6.35. The molecule has 0 atom stereocenters. The summed E-state index contributed by atoms with van der Waals surface area (Å²) in [5.41, 5.74) is 13.2. The molecule has 0 N–H and O–H groups in total. The minimum atomic E-state index is -1.30. The number of rotatable bonds is 6. The van der Waals surface area contributed by atoms with Crippen molar-refractivity contribution in [2.24, 2.45) is 5.92 Å². The first-order valence-electron chi connectivity index (χ1n) is 16.8. The van der Waals surface area contributed by atoms with Gasteiger partial charge in [-0.25, -0.2) is 0 Å². The Bertz CT molecular complexity index is 2210. The van der Waals surface area contributed by atoms with Crippen LogP contribution in [0.5, 0.6) is 0 Å². The molecule has 251 valence electrons. The van der Waals surface area contributed by atoms with Crippen LogP contribution in [0.1, 0.15) is 36.1 Å². The molecule has 0 bridgehead atoms. The Morgan fingerprint density at radius 2 is 1.49 bits per heavy atom.